The number of carbonyl (C=O) groups is 1. The fourth-order valence-electron chi connectivity index (χ4n) is 2.22. The van der Waals surface area contributed by atoms with Crippen molar-refractivity contribution in [1.82, 2.24) is 9.97 Å². The van der Waals surface area contributed by atoms with Crippen molar-refractivity contribution in [3.05, 3.63) is 45.7 Å². The lowest BCUT2D eigenvalue weighted by molar-refractivity contribution is 0.102. The van der Waals surface area contributed by atoms with E-state index in [1.165, 1.54) is 11.3 Å². The zero-order chi connectivity index (χ0) is 14.3. The maximum absolute atomic E-state index is 12.4. The number of allylic oxidation sites excluding steroid dienone is 1. The number of hydrogen-bond donors (Lipinski definition) is 2. The molecule has 0 aliphatic heterocycles. The molecule has 0 saturated carbocycles. The number of aryl methyl sites for hydroxylation is 2. The first kappa shape index (κ1) is 12.8. The number of aliphatic hydroxyl groups is 1. The maximum Gasteiger partial charge on any atom is 0.204 e. The lowest BCUT2D eigenvalue weighted by Crippen LogP contribution is -2.14. The number of ketones is 1. The maximum atomic E-state index is 12.4. The number of hydrogen-bond acceptors (Lipinski definition) is 6. The predicted molar refractivity (Wildman–Crippen MR) is 77.7 cm³/mol. The summed E-state index contributed by atoms with van der Waals surface area (Å²) >= 11 is 1.17. The van der Waals surface area contributed by atoms with E-state index < -0.39 is 0 Å². The number of rotatable bonds is 1. The van der Waals surface area contributed by atoms with Gasteiger partial charge >= 0.3 is 0 Å². The minimum absolute atomic E-state index is 0.000112. The Kier molecular flexibility index (Phi) is 3.02. The second-order valence-corrected chi connectivity index (χ2v) is 5.70. The molecule has 0 amide bonds. The van der Waals surface area contributed by atoms with E-state index in [9.17, 15) is 9.90 Å². The molecule has 0 bridgehead atoms. The Morgan fingerprint density at radius 3 is 2.90 bits per heavy atom. The van der Waals surface area contributed by atoms with E-state index in [0.29, 0.717) is 34.0 Å². The van der Waals surface area contributed by atoms with Gasteiger partial charge in [0.25, 0.3) is 0 Å². The largest absolute Gasteiger partial charge is 0.507 e. The van der Waals surface area contributed by atoms with Gasteiger partial charge in [0.2, 0.25) is 5.78 Å². The molecule has 0 radical (unpaired) electrons. The van der Waals surface area contributed by atoms with Crippen LogP contribution in [0.3, 0.4) is 0 Å². The van der Waals surface area contributed by atoms with Crippen LogP contribution in [0.25, 0.3) is 5.76 Å². The van der Waals surface area contributed by atoms with E-state index in [4.69, 9.17) is 5.73 Å². The van der Waals surface area contributed by atoms with E-state index in [1.54, 1.807) is 18.3 Å². The van der Waals surface area contributed by atoms with Crippen molar-refractivity contribution in [2.75, 3.05) is 5.73 Å². The smallest absolute Gasteiger partial charge is 0.204 e. The molecule has 20 heavy (non-hydrogen) atoms. The number of nitrogen functional groups attached to an aromatic ring is 1. The van der Waals surface area contributed by atoms with Gasteiger partial charge in [0, 0.05) is 23.0 Å². The molecule has 0 saturated heterocycles. The summed E-state index contributed by atoms with van der Waals surface area (Å²) in [6.45, 7) is 1.87. The molecular formula is C14H13N3O2S. The topological polar surface area (TPSA) is 89.1 Å². The first-order valence-corrected chi connectivity index (χ1v) is 7.03. The van der Waals surface area contributed by atoms with Gasteiger partial charge in [-0.2, -0.15) is 0 Å². The van der Waals surface area contributed by atoms with Gasteiger partial charge in [-0.15, -0.1) is 0 Å². The van der Waals surface area contributed by atoms with E-state index in [0.717, 1.165) is 11.4 Å². The quantitative estimate of drug-likeness (QED) is 0.621. The Morgan fingerprint density at radius 2 is 2.20 bits per heavy atom. The van der Waals surface area contributed by atoms with Crippen LogP contribution in [-0.4, -0.2) is 20.9 Å². The highest BCUT2D eigenvalue weighted by Crippen LogP contribution is 2.33. The molecule has 5 nitrogen and oxygen atoms in total. The number of anilines is 1. The standard InChI is InChI=1S/C14H13N3O2S/c1-7-2-3-8(6-16-7)11(18)9-4-5-10-13(12(9)19)20-14(15)17-10/h2-3,6,18H,4-5H2,1H3,(H2,15,17)/b11-9-. The molecule has 2 aromatic rings. The number of nitrogens with two attached hydrogens (primary N) is 1. The van der Waals surface area contributed by atoms with Gasteiger partial charge in [0.1, 0.15) is 5.76 Å². The van der Waals surface area contributed by atoms with Crippen LogP contribution < -0.4 is 5.73 Å². The van der Waals surface area contributed by atoms with Crippen LogP contribution in [-0.2, 0) is 6.42 Å². The van der Waals surface area contributed by atoms with Crippen LogP contribution in [0.4, 0.5) is 5.13 Å². The minimum atomic E-state index is -0.182. The molecule has 1 aliphatic carbocycles. The highest BCUT2D eigenvalue weighted by Gasteiger charge is 2.28. The molecule has 2 aromatic heterocycles. The van der Waals surface area contributed by atoms with Gasteiger partial charge < -0.3 is 10.8 Å². The molecule has 6 heteroatoms. The highest BCUT2D eigenvalue weighted by atomic mass is 32.1. The second kappa shape index (κ2) is 4.72. The molecule has 102 valence electrons. The van der Waals surface area contributed by atoms with Crippen LogP contribution in [0.15, 0.2) is 23.9 Å². The Morgan fingerprint density at radius 1 is 1.40 bits per heavy atom. The molecule has 0 unspecified atom stereocenters. The molecule has 0 spiro atoms. The van der Waals surface area contributed by atoms with Crippen LogP contribution in [0.1, 0.15) is 33.0 Å². The molecule has 2 heterocycles. The molecule has 3 rings (SSSR count). The summed E-state index contributed by atoms with van der Waals surface area (Å²) in [5.74, 6) is -0.182. The van der Waals surface area contributed by atoms with Crippen molar-refractivity contribution in [3.8, 4) is 0 Å². The van der Waals surface area contributed by atoms with Crippen molar-refractivity contribution < 1.29 is 9.90 Å². The van der Waals surface area contributed by atoms with Gasteiger partial charge in [0.05, 0.1) is 10.6 Å². The van der Waals surface area contributed by atoms with E-state index in [1.807, 2.05) is 6.92 Å². The Labute approximate surface area is 119 Å². The third-order valence-electron chi connectivity index (χ3n) is 3.28. The third-order valence-corrected chi connectivity index (χ3v) is 4.20. The summed E-state index contributed by atoms with van der Waals surface area (Å²) in [5, 5.41) is 10.7. The summed E-state index contributed by atoms with van der Waals surface area (Å²) in [5.41, 5.74) is 8.19. The van der Waals surface area contributed by atoms with Crippen molar-refractivity contribution in [1.29, 1.82) is 0 Å². The van der Waals surface area contributed by atoms with Crippen molar-refractivity contribution in [3.63, 3.8) is 0 Å². The van der Waals surface area contributed by atoms with Gasteiger partial charge in [-0.1, -0.05) is 11.3 Å². The molecule has 0 aromatic carbocycles. The first-order chi connectivity index (χ1) is 9.56. The summed E-state index contributed by atoms with van der Waals surface area (Å²) in [6.07, 6.45) is 2.66. The summed E-state index contributed by atoms with van der Waals surface area (Å²) in [4.78, 5) is 21.2. The molecular weight excluding hydrogens is 274 g/mol. The average Bonchev–Trinajstić information content (AvgIpc) is 2.81. The van der Waals surface area contributed by atoms with Gasteiger partial charge in [-0.05, 0) is 31.9 Å². The van der Waals surface area contributed by atoms with E-state index in [-0.39, 0.29) is 11.5 Å². The molecule has 0 atom stereocenters. The van der Waals surface area contributed by atoms with Crippen LogP contribution in [0.2, 0.25) is 0 Å². The number of pyridine rings is 1. The summed E-state index contributed by atoms with van der Waals surface area (Å²) in [7, 11) is 0. The normalized spacial score (nSPS) is 16.9. The van der Waals surface area contributed by atoms with E-state index in [2.05, 4.69) is 9.97 Å². The fourth-order valence-corrected chi connectivity index (χ4v) is 3.07. The number of Topliss-reactive ketones (excluding diaryl/α,β-unsaturated/α-hetero) is 1. The zero-order valence-electron chi connectivity index (χ0n) is 10.9. The number of aliphatic hydroxyl groups excluding tert-OH is 1. The number of thiazole rings is 1. The number of fused-ring (bicyclic) bond motifs is 1. The van der Waals surface area contributed by atoms with Gasteiger partial charge in [-0.25, -0.2) is 4.98 Å². The van der Waals surface area contributed by atoms with Crippen molar-refractivity contribution in [2.45, 2.75) is 19.8 Å². The van der Waals surface area contributed by atoms with Crippen molar-refractivity contribution >= 4 is 28.0 Å². The SMILES string of the molecule is Cc1ccc(/C(O)=C2\CCc3nc(N)sc3C2=O)cn1. The summed E-state index contributed by atoms with van der Waals surface area (Å²) < 4.78 is 0. The molecule has 0 fully saturated rings. The Balaban J connectivity index is 2.04. The van der Waals surface area contributed by atoms with Gasteiger partial charge in [-0.3, -0.25) is 9.78 Å². The second-order valence-electron chi connectivity index (χ2n) is 4.67. The lowest BCUT2D eigenvalue weighted by atomic mass is 9.93. The van der Waals surface area contributed by atoms with Gasteiger partial charge in [0.15, 0.2) is 5.13 Å². The summed E-state index contributed by atoms with van der Waals surface area (Å²) in [6, 6.07) is 3.56. The zero-order valence-corrected chi connectivity index (χ0v) is 11.7. The third kappa shape index (κ3) is 2.08. The number of nitrogens with zero attached hydrogens (tertiary/aromatic N) is 2. The predicted octanol–water partition coefficient (Wildman–Crippen LogP) is 2.53. The average molecular weight is 287 g/mol. The van der Waals surface area contributed by atoms with Crippen LogP contribution in [0, 0.1) is 6.92 Å². The van der Waals surface area contributed by atoms with Crippen LogP contribution >= 0.6 is 11.3 Å². The van der Waals surface area contributed by atoms with Crippen LogP contribution in [0.5, 0.6) is 0 Å². The van der Waals surface area contributed by atoms with E-state index >= 15 is 0 Å². The monoisotopic (exact) mass is 287 g/mol. The number of aromatic nitrogens is 2. The molecule has 1 aliphatic rings. The lowest BCUT2D eigenvalue weighted by Gasteiger charge is -2.14. The number of carbonyl (C=O) groups excluding carboxylic acids is 1. The first-order valence-electron chi connectivity index (χ1n) is 6.21. The van der Waals surface area contributed by atoms with Crippen molar-refractivity contribution in [2.24, 2.45) is 0 Å². The highest BCUT2D eigenvalue weighted by molar-refractivity contribution is 7.17. The Hall–Kier alpha value is -2.21. The minimum Gasteiger partial charge on any atom is -0.507 e. The molecule has 3 N–H and O–H groups in total. The Bertz CT molecular complexity index is 717. The fraction of sp³-hybridized carbons (Fsp3) is 0.214.